The number of nitrogens with zero attached hydrogens (tertiary/aromatic N) is 2. The van der Waals surface area contributed by atoms with Crippen LogP contribution in [0.5, 0.6) is 0 Å². The Kier molecular flexibility index (Phi) is 5.87. The lowest BCUT2D eigenvalue weighted by Crippen LogP contribution is -2.56. The zero-order valence-electron chi connectivity index (χ0n) is 13.2. The van der Waals surface area contributed by atoms with Gasteiger partial charge in [-0.15, -0.1) is 10.2 Å². The molecule has 1 amide bonds. The van der Waals surface area contributed by atoms with Crippen LogP contribution in [0.1, 0.15) is 22.1 Å². The van der Waals surface area contributed by atoms with Crippen LogP contribution in [-0.4, -0.2) is 34.4 Å². The highest BCUT2D eigenvalue weighted by Gasteiger charge is 2.78. The molecule has 1 N–H and O–H groups in total. The Morgan fingerprint density at radius 2 is 1.64 bits per heavy atom. The van der Waals surface area contributed by atoms with E-state index in [1.807, 2.05) is 0 Å². The average Bonchev–Trinajstić information content (AvgIpc) is 3.09. The number of halogens is 9. The van der Waals surface area contributed by atoms with Gasteiger partial charge in [0.2, 0.25) is 5.89 Å². The van der Waals surface area contributed by atoms with Gasteiger partial charge < -0.3 is 9.73 Å². The van der Waals surface area contributed by atoms with Crippen LogP contribution >= 0.6 is 11.6 Å². The van der Waals surface area contributed by atoms with Crippen LogP contribution in [0.3, 0.4) is 0 Å². The van der Waals surface area contributed by atoms with Crippen LogP contribution in [0.25, 0.3) is 0 Å². The van der Waals surface area contributed by atoms with Gasteiger partial charge in [0.1, 0.15) is 0 Å². The molecule has 0 unspecified atom stereocenters. The third-order valence-corrected chi connectivity index (χ3v) is 3.58. The lowest BCUT2D eigenvalue weighted by molar-refractivity contribution is -0.348. The van der Waals surface area contributed by atoms with E-state index in [4.69, 9.17) is 11.6 Å². The molecule has 1 aromatic heterocycles. The third kappa shape index (κ3) is 3.88. The van der Waals surface area contributed by atoms with Crippen molar-refractivity contribution in [1.82, 2.24) is 15.5 Å². The molecule has 0 saturated carbocycles. The minimum atomic E-state index is -6.52. The smallest absolute Gasteiger partial charge is 0.392 e. The fourth-order valence-electron chi connectivity index (χ4n) is 1.79. The SMILES string of the molecule is O=C(NCc1nnc(C(F)(F)C(F)(F)C(F)(F)C(F)F)o1)c1ccc(Cl)cc1. The average molecular weight is 438 g/mol. The van der Waals surface area contributed by atoms with E-state index >= 15 is 0 Å². The lowest BCUT2D eigenvalue weighted by atomic mass is 10.1. The van der Waals surface area contributed by atoms with Crippen molar-refractivity contribution in [3.8, 4) is 0 Å². The summed E-state index contributed by atoms with van der Waals surface area (Å²) in [6.45, 7) is -0.735. The van der Waals surface area contributed by atoms with Crippen molar-refractivity contribution in [2.24, 2.45) is 0 Å². The molecule has 0 saturated heterocycles. The highest BCUT2D eigenvalue weighted by molar-refractivity contribution is 6.30. The fraction of sp³-hybridized carbons (Fsp3) is 0.357. The van der Waals surface area contributed by atoms with Gasteiger partial charge in [0.05, 0.1) is 6.54 Å². The summed E-state index contributed by atoms with van der Waals surface area (Å²) in [6, 6.07) is 5.34. The lowest BCUT2D eigenvalue weighted by Gasteiger charge is -2.30. The Bertz CT molecular complexity index is 841. The molecule has 2 rings (SSSR count). The molecule has 0 atom stereocenters. The van der Waals surface area contributed by atoms with Gasteiger partial charge in [0, 0.05) is 10.6 Å². The highest BCUT2D eigenvalue weighted by atomic mass is 35.5. The second kappa shape index (κ2) is 7.53. The van der Waals surface area contributed by atoms with Crippen molar-refractivity contribution < 1.29 is 44.3 Å². The second-order valence-electron chi connectivity index (χ2n) is 5.26. The molecule has 1 heterocycles. The number of amides is 1. The summed E-state index contributed by atoms with van der Waals surface area (Å²) < 4.78 is 108. The Balaban J connectivity index is 2.14. The van der Waals surface area contributed by atoms with Crippen molar-refractivity contribution in [1.29, 1.82) is 0 Å². The summed E-state index contributed by atoms with van der Waals surface area (Å²) in [7, 11) is 0. The summed E-state index contributed by atoms with van der Waals surface area (Å²) in [5.74, 6) is -22.7. The van der Waals surface area contributed by atoms with E-state index in [-0.39, 0.29) is 5.56 Å². The zero-order valence-corrected chi connectivity index (χ0v) is 14.0. The third-order valence-electron chi connectivity index (χ3n) is 3.33. The largest absolute Gasteiger partial charge is 0.417 e. The molecule has 5 nitrogen and oxygen atoms in total. The van der Waals surface area contributed by atoms with Crippen LogP contribution in [-0.2, 0) is 12.5 Å². The quantitative estimate of drug-likeness (QED) is 0.657. The molecular formula is C14H8ClF8N3O2. The second-order valence-corrected chi connectivity index (χ2v) is 5.70. The van der Waals surface area contributed by atoms with Crippen molar-refractivity contribution in [3.63, 3.8) is 0 Å². The maximum Gasteiger partial charge on any atom is 0.392 e. The maximum atomic E-state index is 13.6. The Morgan fingerprint density at radius 1 is 1.07 bits per heavy atom. The van der Waals surface area contributed by atoms with E-state index in [2.05, 4.69) is 19.9 Å². The van der Waals surface area contributed by atoms with Crippen LogP contribution in [0.4, 0.5) is 35.1 Å². The first-order valence-corrected chi connectivity index (χ1v) is 7.46. The molecule has 0 bridgehead atoms. The first-order valence-electron chi connectivity index (χ1n) is 7.09. The molecule has 0 aliphatic carbocycles. The van der Waals surface area contributed by atoms with Gasteiger partial charge in [-0.1, -0.05) is 11.6 Å². The molecule has 1 aromatic carbocycles. The van der Waals surface area contributed by atoms with Gasteiger partial charge in [-0.2, -0.15) is 26.3 Å². The van der Waals surface area contributed by atoms with Gasteiger partial charge in [0.15, 0.2) is 0 Å². The summed E-state index contributed by atoms with van der Waals surface area (Å²) in [6.07, 6.45) is -5.07. The van der Waals surface area contributed by atoms with Gasteiger partial charge >= 0.3 is 24.2 Å². The number of hydrogen-bond acceptors (Lipinski definition) is 4. The molecule has 0 aliphatic heterocycles. The van der Waals surface area contributed by atoms with Crippen molar-refractivity contribution >= 4 is 17.5 Å². The van der Waals surface area contributed by atoms with Crippen molar-refractivity contribution in [2.75, 3.05) is 0 Å². The van der Waals surface area contributed by atoms with Gasteiger partial charge in [-0.05, 0) is 24.3 Å². The minimum absolute atomic E-state index is 0.0811. The van der Waals surface area contributed by atoms with E-state index in [1.54, 1.807) is 0 Å². The molecule has 0 aliphatic rings. The Hall–Kier alpha value is -2.44. The number of hydrogen-bond donors (Lipinski definition) is 1. The van der Waals surface area contributed by atoms with Crippen molar-refractivity contribution in [2.45, 2.75) is 30.7 Å². The summed E-state index contributed by atoms with van der Waals surface area (Å²) in [5, 5.41) is 7.83. The number of alkyl halides is 8. The van der Waals surface area contributed by atoms with E-state index in [9.17, 15) is 39.9 Å². The van der Waals surface area contributed by atoms with Crippen molar-refractivity contribution in [3.05, 3.63) is 46.6 Å². The van der Waals surface area contributed by atoms with Crippen LogP contribution in [0.2, 0.25) is 5.02 Å². The molecule has 0 fully saturated rings. The summed E-state index contributed by atoms with van der Waals surface area (Å²) in [5.41, 5.74) is 0.0811. The van der Waals surface area contributed by atoms with Gasteiger partial charge in [-0.3, -0.25) is 4.79 Å². The van der Waals surface area contributed by atoms with E-state index in [0.29, 0.717) is 5.02 Å². The van der Waals surface area contributed by atoms with Gasteiger partial charge in [0.25, 0.3) is 11.8 Å². The highest BCUT2D eigenvalue weighted by Crippen LogP contribution is 2.52. The van der Waals surface area contributed by atoms with E-state index < -0.39 is 48.4 Å². The number of benzene rings is 1. The molecule has 28 heavy (non-hydrogen) atoms. The fourth-order valence-corrected chi connectivity index (χ4v) is 1.92. The molecule has 154 valence electrons. The molecule has 2 aromatic rings. The van der Waals surface area contributed by atoms with Crippen LogP contribution in [0.15, 0.2) is 28.7 Å². The number of nitrogens with one attached hydrogen (secondary N) is 1. The van der Waals surface area contributed by atoms with E-state index in [1.165, 1.54) is 24.3 Å². The Labute approximate surface area is 155 Å². The first-order chi connectivity index (χ1) is 12.8. The molecule has 14 heteroatoms. The van der Waals surface area contributed by atoms with Crippen LogP contribution < -0.4 is 5.32 Å². The summed E-state index contributed by atoms with van der Waals surface area (Å²) in [4.78, 5) is 11.8. The Morgan fingerprint density at radius 3 is 2.18 bits per heavy atom. The standard InChI is InChI=1S/C14H8ClF8N3O2/c15-7-3-1-6(2-4-7)9(27)24-5-8-25-26-11(28-8)13(20,21)14(22,23)12(18,19)10(16)17/h1-4,10H,5H2,(H,24,27). The van der Waals surface area contributed by atoms with Gasteiger partial charge in [-0.25, -0.2) is 8.78 Å². The number of carbonyl (C=O) groups excluding carboxylic acids is 1. The van der Waals surface area contributed by atoms with Crippen LogP contribution in [0, 0.1) is 0 Å². The zero-order chi connectivity index (χ0) is 21.3. The predicted octanol–water partition coefficient (Wildman–Crippen LogP) is 4.28. The molecule has 0 radical (unpaired) electrons. The first kappa shape index (κ1) is 21.9. The molecular weight excluding hydrogens is 430 g/mol. The topological polar surface area (TPSA) is 68.0 Å². The number of carbonyl (C=O) groups is 1. The predicted molar refractivity (Wildman–Crippen MR) is 76.7 cm³/mol. The minimum Gasteiger partial charge on any atom is -0.417 e. The van der Waals surface area contributed by atoms with E-state index in [0.717, 1.165) is 0 Å². The normalized spacial score (nSPS) is 13.1. The number of rotatable bonds is 7. The number of aromatic nitrogens is 2. The maximum absolute atomic E-state index is 13.6. The monoisotopic (exact) mass is 437 g/mol. The summed E-state index contributed by atoms with van der Waals surface area (Å²) >= 11 is 5.63. The molecule has 0 spiro atoms.